The Labute approximate surface area is 167 Å². The summed E-state index contributed by atoms with van der Waals surface area (Å²) in [6.45, 7) is 0. The summed E-state index contributed by atoms with van der Waals surface area (Å²) in [6, 6.07) is 7.24. The Morgan fingerprint density at radius 2 is 1.93 bits per heavy atom. The minimum atomic E-state index is -1.12. The van der Waals surface area contributed by atoms with Crippen LogP contribution in [0.5, 0.6) is 0 Å². The summed E-state index contributed by atoms with van der Waals surface area (Å²) in [5, 5.41) is 5.12. The highest BCUT2D eigenvalue weighted by Gasteiger charge is 2.36. The molecule has 0 spiro atoms. The van der Waals surface area contributed by atoms with Crippen molar-refractivity contribution < 1.29 is 22.8 Å². The summed E-state index contributed by atoms with van der Waals surface area (Å²) < 4.78 is 41.6. The lowest BCUT2D eigenvalue weighted by Gasteiger charge is -2.17. The number of hydrogen-bond acceptors (Lipinski definition) is 3. The predicted molar refractivity (Wildman–Crippen MR) is 99.3 cm³/mol. The van der Waals surface area contributed by atoms with Crippen LogP contribution in [0.3, 0.4) is 0 Å². The summed E-state index contributed by atoms with van der Waals surface area (Å²) in [5.41, 5.74) is 0.125. The zero-order valence-corrected chi connectivity index (χ0v) is 15.2. The third-order valence-electron chi connectivity index (χ3n) is 4.43. The summed E-state index contributed by atoms with van der Waals surface area (Å²) in [5.74, 6) is -4.19. The molecule has 0 aliphatic carbocycles. The van der Waals surface area contributed by atoms with E-state index in [1.54, 1.807) is 0 Å². The van der Waals surface area contributed by atoms with Gasteiger partial charge in [-0.1, -0.05) is 23.7 Å². The Bertz CT molecular complexity index is 1150. The molecule has 0 saturated heterocycles. The van der Waals surface area contributed by atoms with Gasteiger partial charge in [0.05, 0.1) is 11.7 Å². The average molecular weight is 418 g/mol. The fourth-order valence-corrected chi connectivity index (χ4v) is 3.40. The van der Waals surface area contributed by atoms with Crippen molar-refractivity contribution in [3.8, 4) is 0 Å². The maximum Gasteiger partial charge on any atom is 0.271 e. The van der Waals surface area contributed by atoms with E-state index in [0.717, 1.165) is 18.2 Å². The second-order valence-corrected chi connectivity index (χ2v) is 6.72. The van der Waals surface area contributed by atoms with Crippen LogP contribution in [0.4, 0.5) is 18.9 Å². The van der Waals surface area contributed by atoms with Gasteiger partial charge in [-0.2, -0.15) is 0 Å². The van der Waals surface area contributed by atoms with Gasteiger partial charge in [0.2, 0.25) is 0 Å². The molecule has 1 aliphatic rings. The van der Waals surface area contributed by atoms with E-state index in [2.05, 4.69) is 15.6 Å². The molecule has 0 fully saturated rings. The number of hydrogen-bond donors (Lipinski definition) is 2. The van der Waals surface area contributed by atoms with Gasteiger partial charge in [-0.05, 0) is 30.3 Å². The molecule has 1 unspecified atom stereocenters. The molecule has 1 aromatic heterocycles. The first-order chi connectivity index (χ1) is 13.8. The Kier molecular flexibility index (Phi) is 4.71. The van der Waals surface area contributed by atoms with Crippen molar-refractivity contribution in [2.24, 2.45) is 0 Å². The van der Waals surface area contributed by atoms with Crippen molar-refractivity contribution in [1.82, 2.24) is 10.3 Å². The van der Waals surface area contributed by atoms with Crippen molar-refractivity contribution in [2.75, 3.05) is 5.32 Å². The first-order valence-corrected chi connectivity index (χ1v) is 8.74. The number of anilines is 1. The monoisotopic (exact) mass is 417 g/mol. The van der Waals surface area contributed by atoms with Gasteiger partial charge in [0, 0.05) is 27.9 Å². The van der Waals surface area contributed by atoms with Gasteiger partial charge in [0.15, 0.2) is 11.6 Å². The molecule has 2 N–H and O–H groups in total. The van der Waals surface area contributed by atoms with E-state index in [0.29, 0.717) is 0 Å². The Hall–Kier alpha value is -3.39. The number of aromatic nitrogens is 1. The highest BCUT2D eigenvalue weighted by molar-refractivity contribution is 6.31. The maximum atomic E-state index is 14.3. The number of pyridine rings is 1. The van der Waals surface area contributed by atoms with E-state index in [4.69, 9.17) is 11.6 Å². The molecule has 5 nitrogen and oxygen atoms in total. The summed E-state index contributed by atoms with van der Waals surface area (Å²) in [6.07, 6.45) is 1.29. The van der Waals surface area contributed by atoms with E-state index in [1.807, 2.05) is 0 Å². The Morgan fingerprint density at radius 3 is 2.69 bits per heavy atom. The van der Waals surface area contributed by atoms with Crippen LogP contribution in [0.1, 0.15) is 38.0 Å². The van der Waals surface area contributed by atoms with Crippen LogP contribution in [0.25, 0.3) is 0 Å². The first kappa shape index (κ1) is 18.9. The number of nitrogens with one attached hydrogen (secondary N) is 2. The van der Waals surface area contributed by atoms with Gasteiger partial charge in [-0.3, -0.25) is 14.6 Å². The van der Waals surface area contributed by atoms with Gasteiger partial charge in [0.1, 0.15) is 11.5 Å². The number of fused-ring (bicyclic) bond motifs is 1. The topological polar surface area (TPSA) is 71.1 Å². The van der Waals surface area contributed by atoms with Crippen LogP contribution in [0, 0.1) is 17.5 Å². The number of halogens is 4. The number of nitrogens with zero attached hydrogens (tertiary/aromatic N) is 1. The molecular formula is C20H11ClF3N3O2. The first-order valence-electron chi connectivity index (χ1n) is 8.36. The maximum absolute atomic E-state index is 14.3. The summed E-state index contributed by atoms with van der Waals surface area (Å²) in [4.78, 5) is 28.8. The minimum absolute atomic E-state index is 0.0336. The average Bonchev–Trinajstić information content (AvgIpc) is 3.01. The van der Waals surface area contributed by atoms with E-state index in [1.165, 1.54) is 30.5 Å². The van der Waals surface area contributed by atoms with E-state index in [9.17, 15) is 22.8 Å². The SMILES string of the molecule is O=C(Nc1ccnc2c1C(c1cccc(F)c1F)NC2=O)c1cc(F)cc(Cl)c1. The number of amides is 2. The third-order valence-corrected chi connectivity index (χ3v) is 4.65. The van der Waals surface area contributed by atoms with Crippen LogP contribution in [-0.4, -0.2) is 16.8 Å². The molecule has 29 heavy (non-hydrogen) atoms. The van der Waals surface area contributed by atoms with Gasteiger partial charge in [-0.25, -0.2) is 13.2 Å². The fourth-order valence-electron chi connectivity index (χ4n) is 3.18. The molecule has 0 radical (unpaired) electrons. The quantitative estimate of drug-likeness (QED) is 0.669. The Balaban J connectivity index is 1.77. The van der Waals surface area contributed by atoms with Crippen molar-refractivity contribution in [3.05, 3.63) is 93.5 Å². The van der Waals surface area contributed by atoms with E-state index in [-0.39, 0.29) is 33.1 Å². The van der Waals surface area contributed by atoms with E-state index < -0.39 is 35.3 Å². The smallest absolute Gasteiger partial charge is 0.271 e. The largest absolute Gasteiger partial charge is 0.339 e. The molecular weight excluding hydrogens is 407 g/mol. The normalized spacial score (nSPS) is 15.0. The van der Waals surface area contributed by atoms with Crippen LogP contribution < -0.4 is 10.6 Å². The molecule has 0 bridgehead atoms. The fraction of sp³-hybridized carbons (Fsp3) is 0.0500. The lowest BCUT2D eigenvalue weighted by atomic mass is 9.98. The van der Waals surface area contributed by atoms with Gasteiger partial charge in [-0.15, -0.1) is 0 Å². The molecule has 1 aliphatic heterocycles. The minimum Gasteiger partial charge on any atom is -0.339 e. The van der Waals surface area contributed by atoms with Crippen LogP contribution in [0.15, 0.2) is 48.7 Å². The van der Waals surface area contributed by atoms with Crippen molar-refractivity contribution in [2.45, 2.75) is 6.04 Å². The molecule has 9 heteroatoms. The molecule has 4 rings (SSSR count). The van der Waals surface area contributed by atoms with Crippen molar-refractivity contribution in [3.63, 3.8) is 0 Å². The Morgan fingerprint density at radius 1 is 1.14 bits per heavy atom. The van der Waals surface area contributed by atoms with Gasteiger partial charge >= 0.3 is 0 Å². The summed E-state index contributed by atoms with van der Waals surface area (Å²) in [7, 11) is 0. The van der Waals surface area contributed by atoms with Crippen molar-refractivity contribution in [1.29, 1.82) is 0 Å². The number of rotatable bonds is 3. The number of carbonyl (C=O) groups is 2. The highest BCUT2D eigenvalue weighted by atomic mass is 35.5. The third kappa shape index (κ3) is 3.42. The van der Waals surface area contributed by atoms with Gasteiger partial charge in [0.25, 0.3) is 11.8 Å². The second kappa shape index (κ2) is 7.21. The standard InChI is InChI=1S/C20H11ClF3N3O2/c21-10-6-9(7-11(22)8-10)19(28)26-14-4-5-25-18-15(14)17(27-20(18)29)12-2-1-3-13(23)16(12)24/h1-8,17H,(H,27,29)(H,25,26,28). The number of carbonyl (C=O) groups excluding carboxylic acids is 2. The van der Waals surface area contributed by atoms with Crippen molar-refractivity contribution >= 4 is 29.1 Å². The predicted octanol–water partition coefficient (Wildman–Crippen LogP) is 4.24. The van der Waals surface area contributed by atoms with Gasteiger partial charge < -0.3 is 10.6 Å². The van der Waals surface area contributed by atoms with E-state index >= 15 is 0 Å². The van der Waals surface area contributed by atoms with Crippen LogP contribution in [-0.2, 0) is 0 Å². The molecule has 0 saturated carbocycles. The molecule has 146 valence electrons. The zero-order chi connectivity index (χ0) is 20.7. The molecule has 2 amide bonds. The lowest BCUT2D eigenvalue weighted by Crippen LogP contribution is -2.22. The highest BCUT2D eigenvalue weighted by Crippen LogP contribution is 2.36. The zero-order valence-electron chi connectivity index (χ0n) is 14.5. The van der Waals surface area contributed by atoms with Crippen LogP contribution >= 0.6 is 11.6 Å². The number of benzene rings is 2. The lowest BCUT2D eigenvalue weighted by molar-refractivity contribution is 0.0955. The summed E-state index contributed by atoms with van der Waals surface area (Å²) >= 11 is 5.78. The van der Waals surface area contributed by atoms with Crippen LogP contribution in [0.2, 0.25) is 5.02 Å². The second-order valence-electron chi connectivity index (χ2n) is 6.28. The molecule has 3 aromatic rings. The molecule has 1 atom stereocenters. The molecule has 2 aromatic carbocycles. The molecule has 2 heterocycles.